The van der Waals surface area contributed by atoms with Crippen LogP contribution in [-0.2, 0) is 0 Å². The van der Waals surface area contributed by atoms with Gasteiger partial charge in [-0.3, -0.25) is 4.79 Å². The maximum Gasteiger partial charge on any atom is 0.343 e. The van der Waals surface area contributed by atoms with Crippen molar-refractivity contribution >= 4 is 18.1 Å². The lowest BCUT2D eigenvalue weighted by Crippen LogP contribution is -2.17. The highest BCUT2D eigenvalue weighted by atomic mass is 16.6. The van der Waals surface area contributed by atoms with Gasteiger partial charge in [0.2, 0.25) is 0 Å². The zero-order chi connectivity index (χ0) is 22.2. The van der Waals surface area contributed by atoms with E-state index >= 15 is 0 Å². The van der Waals surface area contributed by atoms with Gasteiger partial charge in [0.05, 0.1) is 26.0 Å². The van der Waals surface area contributed by atoms with E-state index in [9.17, 15) is 9.59 Å². The van der Waals surface area contributed by atoms with Crippen LogP contribution in [-0.4, -0.2) is 32.3 Å². The Kier molecular flexibility index (Phi) is 7.01. The Balaban J connectivity index is 1.69. The minimum atomic E-state index is -0.500. The van der Waals surface area contributed by atoms with Crippen molar-refractivity contribution in [3.63, 3.8) is 0 Å². The van der Waals surface area contributed by atoms with Gasteiger partial charge in [0, 0.05) is 5.56 Å². The molecule has 3 aromatic carbocycles. The van der Waals surface area contributed by atoms with Gasteiger partial charge in [0.1, 0.15) is 5.75 Å². The number of hydrogen-bond acceptors (Lipinski definition) is 6. The lowest BCUT2D eigenvalue weighted by molar-refractivity contribution is 0.0729. The third kappa shape index (κ3) is 5.70. The van der Waals surface area contributed by atoms with Gasteiger partial charge in [0.15, 0.2) is 11.5 Å². The van der Waals surface area contributed by atoms with Crippen molar-refractivity contribution < 1.29 is 23.8 Å². The fourth-order valence-electron chi connectivity index (χ4n) is 2.67. The fraction of sp³-hybridized carbons (Fsp3) is 0.125. The van der Waals surface area contributed by atoms with E-state index in [-0.39, 0.29) is 11.7 Å². The van der Waals surface area contributed by atoms with E-state index in [0.717, 1.165) is 5.56 Å². The average Bonchev–Trinajstić information content (AvgIpc) is 2.79. The highest BCUT2D eigenvalue weighted by Crippen LogP contribution is 2.28. The molecule has 1 N–H and O–H groups in total. The van der Waals surface area contributed by atoms with Crippen molar-refractivity contribution in [2.24, 2.45) is 5.10 Å². The van der Waals surface area contributed by atoms with Gasteiger partial charge in [-0.2, -0.15) is 5.10 Å². The summed E-state index contributed by atoms with van der Waals surface area (Å²) in [6.07, 6.45) is 1.45. The van der Waals surface area contributed by atoms with E-state index in [1.807, 2.05) is 19.1 Å². The molecule has 3 rings (SSSR count). The molecular weight excluding hydrogens is 396 g/mol. The molecule has 0 bridgehead atoms. The van der Waals surface area contributed by atoms with Crippen LogP contribution < -0.4 is 19.6 Å². The molecule has 0 atom stereocenters. The Morgan fingerprint density at radius 2 is 1.52 bits per heavy atom. The number of amides is 1. The predicted octanol–water partition coefficient (Wildman–Crippen LogP) is 4.00. The summed E-state index contributed by atoms with van der Waals surface area (Å²) in [7, 11) is 3.04. The molecule has 0 aliphatic carbocycles. The van der Waals surface area contributed by atoms with Gasteiger partial charge >= 0.3 is 5.97 Å². The molecule has 0 radical (unpaired) electrons. The van der Waals surface area contributed by atoms with Crippen LogP contribution >= 0.6 is 0 Å². The van der Waals surface area contributed by atoms with Crippen LogP contribution in [0.25, 0.3) is 0 Å². The van der Waals surface area contributed by atoms with Crippen molar-refractivity contribution in [1.29, 1.82) is 0 Å². The lowest BCUT2D eigenvalue weighted by atomic mass is 10.1. The Morgan fingerprint density at radius 1 is 0.839 bits per heavy atom. The number of carbonyl (C=O) groups excluding carboxylic acids is 2. The first-order chi connectivity index (χ1) is 15.0. The number of aryl methyl sites for hydroxylation is 1. The topological polar surface area (TPSA) is 86.2 Å². The van der Waals surface area contributed by atoms with Crippen LogP contribution in [0.4, 0.5) is 0 Å². The van der Waals surface area contributed by atoms with E-state index in [4.69, 9.17) is 14.2 Å². The molecule has 0 aromatic heterocycles. The van der Waals surface area contributed by atoms with Gasteiger partial charge in [0.25, 0.3) is 5.91 Å². The largest absolute Gasteiger partial charge is 0.497 e. The first-order valence-electron chi connectivity index (χ1n) is 9.44. The summed E-state index contributed by atoms with van der Waals surface area (Å²) < 4.78 is 15.8. The van der Waals surface area contributed by atoms with E-state index in [0.29, 0.717) is 28.2 Å². The normalized spacial score (nSPS) is 10.5. The molecule has 3 aromatic rings. The molecule has 31 heavy (non-hydrogen) atoms. The van der Waals surface area contributed by atoms with Crippen molar-refractivity contribution in [2.75, 3.05) is 14.2 Å². The molecule has 0 unspecified atom stereocenters. The average molecular weight is 418 g/mol. The van der Waals surface area contributed by atoms with Crippen LogP contribution in [0.1, 0.15) is 31.8 Å². The van der Waals surface area contributed by atoms with Crippen molar-refractivity contribution in [3.8, 4) is 17.2 Å². The Morgan fingerprint density at radius 3 is 2.16 bits per heavy atom. The molecule has 0 saturated heterocycles. The number of methoxy groups -OCH3 is 2. The van der Waals surface area contributed by atoms with Crippen LogP contribution in [0.15, 0.2) is 71.8 Å². The summed E-state index contributed by atoms with van der Waals surface area (Å²) in [6.45, 7) is 1.94. The minimum Gasteiger partial charge on any atom is -0.497 e. The van der Waals surface area contributed by atoms with Crippen molar-refractivity contribution in [3.05, 3.63) is 89.0 Å². The molecule has 7 nitrogen and oxygen atoms in total. The Labute approximate surface area is 180 Å². The molecule has 0 saturated carbocycles. The maximum absolute atomic E-state index is 12.4. The Hall–Kier alpha value is -4.13. The van der Waals surface area contributed by atoms with Crippen LogP contribution in [0.3, 0.4) is 0 Å². The number of hydrogen-bond donors (Lipinski definition) is 1. The highest BCUT2D eigenvalue weighted by molar-refractivity contribution is 5.95. The second-order valence-electron chi connectivity index (χ2n) is 6.59. The lowest BCUT2D eigenvalue weighted by Gasteiger charge is -2.10. The van der Waals surface area contributed by atoms with Gasteiger partial charge in [-0.1, -0.05) is 17.7 Å². The predicted molar refractivity (Wildman–Crippen MR) is 117 cm³/mol. The zero-order valence-corrected chi connectivity index (χ0v) is 17.4. The van der Waals surface area contributed by atoms with Crippen LogP contribution in [0.2, 0.25) is 0 Å². The number of rotatable bonds is 7. The van der Waals surface area contributed by atoms with E-state index in [1.165, 1.54) is 13.3 Å². The standard InChI is InChI=1S/C24H22N2O5/c1-16-4-7-19(8-5-16)24(28)31-22-14-17(6-13-21(22)30-3)15-25-26-23(27)18-9-11-20(29-2)12-10-18/h4-15H,1-3H3,(H,26,27)/b25-15-. The van der Waals surface area contributed by atoms with Crippen molar-refractivity contribution in [2.45, 2.75) is 6.92 Å². The molecule has 0 aliphatic heterocycles. The quantitative estimate of drug-likeness (QED) is 0.271. The highest BCUT2D eigenvalue weighted by Gasteiger charge is 2.13. The SMILES string of the molecule is COc1ccc(C(=O)N/N=C\c2ccc(OC)c(OC(=O)c3ccc(C)cc3)c2)cc1. The van der Waals surface area contributed by atoms with Crippen molar-refractivity contribution in [1.82, 2.24) is 5.43 Å². The van der Waals surface area contributed by atoms with Gasteiger partial charge in [-0.25, -0.2) is 10.2 Å². The number of ether oxygens (including phenoxy) is 3. The summed E-state index contributed by atoms with van der Waals surface area (Å²) in [5.74, 6) is 0.447. The van der Waals surface area contributed by atoms with Gasteiger partial charge in [-0.15, -0.1) is 0 Å². The molecule has 0 heterocycles. The summed E-state index contributed by atoms with van der Waals surface area (Å²) >= 11 is 0. The molecule has 0 spiro atoms. The number of hydrazone groups is 1. The molecule has 1 amide bonds. The number of esters is 1. The van der Waals surface area contributed by atoms with E-state index < -0.39 is 5.97 Å². The molecule has 0 fully saturated rings. The second kappa shape index (κ2) is 10.1. The third-order valence-electron chi connectivity index (χ3n) is 4.41. The minimum absolute atomic E-state index is 0.249. The van der Waals surface area contributed by atoms with Crippen LogP contribution in [0.5, 0.6) is 17.2 Å². The molecular formula is C24H22N2O5. The summed E-state index contributed by atoms with van der Waals surface area (Å²) in [5, 5.41) is 3.97. The Bertz CT molecular complexity index is 1090. The number of nitrogens with zero attached hydrogens (tertiary/aromatic N) is 1. The van der Waals surface area contributed by atoms with Crippen LogP contribution in [0, 0.1) is 6.92 Å². The number of nitrogens with one attached hydrogen (secondary N) is 1. The maximum atomic E-state index is 12.4. The number of carbonyl (C=O) groups is 2. The molecule has 0 aliphatic rings. The molecule has 7 heteroatoms. The monoisotopic (exact) mass is 418 g/mol. The first-order valence-corrected chi connectivity index (χ1v) is 9.44. The van der Waals surface area contributed by atoms with E-state index in [2.05, 4.69) is 10.5 Å². The van der Waals surface area contributed by atoms with Gasteiger partial charge < -0.3 is 14.2 Å². The first kappa shape index (κ1) is 21.6. The van der Waals surface area contributed by atoms with E-state index in [1.54, 1.807) is 61.7 Å². The summed E-state index contributed by atoms with van der Waals surface area (Å²) in [6, 6.07) is 18.7. The molecule has 158 valence electrons. The second-order valence-corrected chi connectivity index (χ2v) is 6.59. The zero-order valence-electron chi connectivity index (χ0n) is 17.4. The summed E-state index contributed by atoms with van der Waals surface area (Å²) in [5.41, 5.74) is 4.99. The fourth-order valence-corrected chi connectivity index (χ4v) is 2.67. The third-order valence-corrected chi connectivity index (χ3v) is 4.41. The van der Waals surface area contributed by atoms with Gasteiger partial charge in [-0.05, 0) is 67.1 Å². The smallest absolute Gasteiger partial charge is 0.343 e. The summed E-state index contributed by atoms with van der Waals surface area (Å²) in [4.78, 5) is 24.6. The number of benzene rings is 3.